The van der Waals surface area contributed by atoms with E-state index in [2.05, 4.69) is 64.4 Å². The van der Waals surface area contributed by atoms with Crippen LogP contribution in [0.1, 0.15) is 11.1 Å². The second-order valence-corrected chi connectivity index (χ2v) is 8.47. The molecule has 1 aliphatic rings. The summed E-state index contributed by atoms with van der Waals surface area (Å²) in [6.45, 7) is 7.59. The van der Waals surface area contributed by atoms with Crippen molar-refractivity contribution in [3.8, 4) is 5.75 Å². The third-order valence-electron chi connectivity index (χ3n) is 6.20. The largest absolute Gasteiger partial charge is 0.495 e. The summed E-state index contributed by atoms with van der Waals surface area (Å²) in [6.07, 6.45) is 1.82. The van der Waals surface area contributed by atoms with Crippen LogP contribution in [-0.4, -0.2) is 53.0 Å². The van der Waals surface area contributed by atoms with Gasteiger partial charge < -0.3 is 19.9 Å². The fraction of sp³-hybridized carbons (Fsp3) is 0.320. The Morgan fingerprint density at radius 2 is 1.70 bits per heavy atom. The van der Waals surface area contributed by atoms with Gasteiger partial charge in [0.05, 0.1) is 24.4 Å². The molecule has 0 bridgehead atoms. The van der Waals surface area contributed by atoms with E-state index in [1.807, 2.05) is 25.4 Å². The number of hydrogen-bond acceptors (Lipinski definition) is 7. The first kappa shape index (κ1) is 21.1. The smallest absolute Gasteiger partial charge is 0.229 e. The highest BCUT2D eigenvalue weighted by atomic mass is 16.5. The maximum atomic E-state index is 5.55. The Kier molecular flexibility index (Phi) is 5.50. The van der Waals surface area contributed by atoms with Crippen molar-refractivity contribution in [1.29, 1.82) is 0 Å². The molecular formula is C25H29N7O. The first-order chi connectivity index (χ1) is 16.0. The Morgan fingerprint density at radius 1 is 0.939 bits per heavy atom. The molecule has 5 rings (SSSR count). The minimum atomic E-state index is 0.720. The number of hydrogen-bond donors (Lipinski definition) is 1. The number of rotatable bonds is 5. The van der Waals surface area contributed by atoms with Gasteiger partial charge in [0, 0.05) is 38.9 Å². The van der Waals surface area contributed by atoms with Crippen molar-refractivity contribution in [2.24, 2.45) is 7.05 Å². The highest BCUT2D eigenvalue weighted by Gasteiger charge is 2.23. The van der Waals surface area contributed by atoms with Crippen LogP contribution in [0.2, 0.25) is 0 Å². The molecular weight excluding hydrogens is 414 g/mol. The number of nitrogens with zero attached hydrogens (tertiary/aromatic N) is 6. The molecule has 0 amide bonds. The lowest BCUT2D eigenvalue weighted by molar-refractivity contribution is 0.413. The number of ether oxygens (including phenoxy) is 1. The molecule has 1 fully saturated rings. The highest BCUT2D eigenvalue weighted by Crippen LogP contribution is 2.31. The van der Waals surface area contributed by atoms with Gasteiger partial charge in [-0.2, -0.15) is 15.1 Å². The van der Waals surface area contributed by atoms with Gasteiger partial charge in [0.25, 0.3) is 0 Å². The Hall–Kier alpha value is -3.81. The normalized spacial score (nSPS) is 14.1. The Balaban J connectivity index is 1.42. The van der Waals surface area contributed by atoms with Crippen molar-refractivity contribution in [1.82, 2.24) is 19.7 Å². The fourth-order valence-electron chi connectivity index (χ4n) is 4.37. The van der Waals surface area contributed by atoms with Crippen LogP contribution in [0.25, 0.3) is 11.0 Å². The first-order valence-electron chi connectivity index (χ1n) is 11.2. The molecule has 0 spiro atoms. The van der Waals surface area contributed by atoms with Crippen LogP contribution < -0.4 is 19.9 Å². The van der Waals surface area contributed by atoms with Gasteiger partial charge in [-0.3, -0.25) is 4.68 Å². The van der Waals surface area contributed by atoms with Crippen molar-refractivity contribution < 1.29 is 4.74 Å². The third-order valence-corrected chi connectivity index (χ3v) is 6.20. The second-order valence-electron chi connectivity index (χ2n) is 8.47. The summed E-state index contributed by atoms with van der Waals surface area (Å²) in [7, 11) is 3.63. The molecule has 0 radical (unpaired) electrons. The summed E-state index contributed by atoms with van der Waals surface area (Å²) in [4.78, 5) is 14.4. The van der Waals surface area contributed by atoms with Crippen LogP contribution in [0.3, 0.4) is 0 Å². The van der Waals surface area contributed by atoms with Crippen LogP contribution in [0, 0.1) is 13.8 Å². The summed E-state index contributed by atoms with van der Waals surface area (Å²) >= 11 is 0. The van der Waals surface area contributed by atoms with Crippen LogP contribution >= 0.6 is 0 Å². The van der Waals surface area contributed by atoms with Gasteiger partial charge in [0.15, 0.2) is 5.65 Å². The maximum absolute atomic E-state index is 5.55. The number of methoxy groups -OCH3 is 1. The lowest BCUT2D eigenvalue weighted by atomic mass is 10.1. The van der Waals surface area contributed by atoms with E-state index < -0.39 is 0 Å². The Labute approximate surface area is 193 Å². The number of aromatic nitrogens is 4. The second kappa shape index (κ2) is 8.61. The number of para-hydroxylation sites is 2. The maximum Gasteiger partial charge on any atom is 0.229 e. The average molecular weight is 444 g/mol. The number of benzene rings is 2. The molecule has 8 heteroatoms. The monoisotopic (exact) mass is 443 g/mol. The van der Waals surface area contributed by atoms with Gasteiger partial charge in [-0.1, -0.05) is 29.8 Å². The van der Waals surface area contributed by atoms with E-state index in [-0.39, 0.29) is 0 Å². The SMILES string of the molecule is COc1ccccc1N1CCN(c2nc(Nc3ccc(C)cc3C)c3cnn(C)c3n2)CC1. The van der Waals surface area contributed by atoms with Crippen LogP contribution in [-0.2, 0) is 7.05 Å². The van der Waals surface area contributed by atoms with E-state index in [4.69, 9.17) is 14.7 Å². The zero-order chi connectivity index (χ0) is 22.9. The highest BCUT2D eigenvalue weighted by molar-refractivity contribution is 5.89. The molecule has 0 unspecified atom stereocenters. The summed E-state index contributed by atoms with van der Waals surface area (Å²) in [5, 5.41) is 8.86. The van der Waals surface area contributed by atoms with Crippen LogP contribution in [0.5, 0.6) is 5.75 Å². The van der Waals surface area contributed by atoms with Crippen molar-refractivity contribution in [3.05, 3.63) is 59.8 Å². The molecule has 8 nitrogen and oxygen atoms in total. The lowest BCUT2D eigenvalue weighted by Gasteiger charge is -2.36. The van der Waals surface area contributed by atoms with E-state index in [1.54, 1.807) is 11.8 Å². The van der Waals surface area contributed by atoms with Gasteiger partial charge in [-0.05, 0) is 37.6 Å². The van der Waals surface area contributed by atoms with Crippen LogP contribution in [0.4, 0.5) is 23.1 Å². The fourth-order valence-corrected chi connectivity index (χ4v) is 4.37. The quantitative estimate of drug-likeness (QED) is 0.499. The van der Waals surface area contributed by atoms with Gasteiger partial charge >= 0.3 is 0 Å². The molecule has 0 aliphatic carbocycles. The zero-order valence-corrected chi connectivity index (χ0v) is 19.5. The summed E-state index contributed by atoms with van der Waals surface area (Å²) in [5.74, 6) is 2.40. The molecule has 1 aliphatic heterocycles. The molecule has 2 aromatic carbocycles. The minimum absolute atomic E-state index is 0.720. The van der Waals surface area contributed by atoms with Crippen molar-refractivity contribution in [3.63, 3.8) is 0 Å². The number of nitrogens with one attached hydrogen (secondary N) is 1. The minimum Gasteiger partial charge on any atom is -0.495 e. The van der Waals surface area contributed by atoms with Gasteiger partial charge in [-0.25, -0.2) is 0 Å². The standard InChI is InChI=1S/C25H29N7O/c1-17-9-10-20(18(2)15-17)27-23-19-16-26-30(3)24(19)29-25(28-23)32-13-11-31(12-14-32)21-7-5-6-8-22(21)33-4/h5-10,15-16H,11-14H2,1-4H3,(H,27,28,29). The molecule has 33 heavy (non-hydrogen) atoms. The zero-order valence-electron chi connectivity index (χ0n) is 19.5. The van der Waals surface area contributed by atoms with Crippen LogP contribution in [0.15, 0.2) is 48.7 Å². The third kappa shape index (κ3) is 4.04. The number of piperazine rings is 1. The predicted octanol–water partition coefficient (Wildman–Crippen LogP) is 4.06. The average Bonchev–Trinajstić information content (AvgIpc) is 3.22. The molecule has 1 saturated heterocycles. The first-order valence-corrected chi connectivity index (χ1v) is 11.2. The van der Waals surface area contributed by atoms with E-state index >= 15 is 0 Å². The van der Waals surface area contributed by atoms with Crippen molar-refractivity contribution in [2.75, 3.05) is 48.4 Å². The Bertz CT molecular complexity index is 1290. The number of anilines is 4. The van der Waals surface area contributed by atoms with E-state index in [1.165, 1.54) is 11.1 Å². The summed E-state index contributed by atoms with van der Waals surface area (Å²) < 4.78 is 7.36. The topological polar surface area (TPSA) is 71.3 Å². The number of fused-ring (bicyclic) bond motifs is 1. The van der Waals surface area contributed by atoms with E-state index in [0.717, 1.165) is 66.1 Å². The van der Waals surface area contributed by atoms with Crippen molar-refractivity contribution in [2.45, 2.75) is 13.8 Å². The van der Waals surface area contributed by atoms with Gasteiger partial charge in [0.1, 0.15) is 11.6 Å². The van der Waals surface area contributed by atoms with Gasteiger partial charge in [0.2, 0.25) is 5.95 Å². The molecule has 170 valence electrons. The van der Waals surface area contributed by atoms with Crippen molar-refractivity contribution >= 4 is 34.2 Å². The molecule has 0 saturated carbocycles. The molecule has 4 aromatic rings. The van der Waals surface area contributed by atoms with E-state index in [0.29, 0.717) is 0 Å². The molecule has 3 heterocycles. The predicted molar refractivity (Wildman–Crippen MR) is 133 cm³/mol. The van der Waals surface area contributed by atoms with E-state index in [9.17, 15) is 0 Å². The molecule has 1 N–H and O–H groups in total. The van der Waals surface area contributed by atoms with Gasteiger partial charge in [-0.15, -0.1) is 0 Å². The summed E-state index contributed by atoms with van der Waals surface area (Å²) in [6, 6.07) is 14.5. The Morgan fingerprint density at radius 3 is 2.45 bits per heavy atom. The molecule has 0 atom stereocenters. The molecule has 2 aromatic heterocycles. The lowest BCUT2D eigenvalue weighted by Crippen LogP contribution is -2.47. The summed E-state index contributed by atoms with van der Waals surface area (Å²) in [5.41, 5.74) is 5.40. The number of aryl methyl sites for hydroxylation is 3.